The minimum Gasteiger partial charge on any atom is -0.354 e. The first kappa shape index (κ1) is 22.1. The van der Waals surface area contributed by atoms with Crippen LogP contribution in [0.4, 0.5) is 0 Å². The number of hydrogen-bond donors (Lipinski definition) is 1. The first-order valence-corrected chi connectivity index (χ1v) is 11.2. The number of pyridine rings is 1. The molecule has 1 saturated heterocycles. The Morgan fingerprint density at radius 3 is 2.59 bits per heavy atom. The van der Waals surface area contributed by atoms with Gasteiger partial charge in [0.15, 0.2) is 0 Å². The Morgan fingerprint density at radius 2 is 1.84 bits per heavy atom. The van der Waals surface area contributed by atoms with Crippen molar-refractivity contribution in [1.29, 1.82) is 0 Å². The third kappa shape index (κ3) is 5.57. The van der Waals surface area contributed by atoms with Crippen LogP contribution < -0.4 is 10.9 Å². The summed E-state index contributed by atoms with van der Waals surface area (Å²) in [5.74, 6) is -0.194. The van der Waals surface area contributed by atoms with Crippen molar-refractivity contribution in [3.8, 4) is 0 Å². The predicted octanol–water partition coefficient (Wildman–Crippen LogP) is 1.14. The van der Waals surface area contributed by atoms with Crippen LogP contribution in [0.5, 0.6) is 0 Å². The molecule has 8 nitrogen and oxygen atoms in total. The molecule has 0 atom stereocenters. The van der Waals surface area contributed by atoms with Crippen LogP contribution in [0.25, 0.3) is 10.8 Å². The van der Waals surface area contributed by atoms with E-state index in [1.165, 1.54) is 4.68 Å². The molecule has 0 aliphatic carbocycles. The lowest BCUT2D eigenvalue weighted by molar-refractivity contribution is -0.121. The first-order valence-electron chi connectivity index (χ1n) is 11.2. The van der Waals surface area contributed by atoms with E-state index in [0.717, 1.165) is 55.8 Å². The summed E-state index contributed by atoms with van der Waals surface area (Å²) in [6, 6.07) is 11.3. The van der Waals surface area contributed by atoms with E-state index in [0.29, 0.717) is 18.4 Å². The molecule has 3 heterocycles. The maximum absolute atomic E-state index is 12.9. The molecule has 4 rings (SSSR count). The van der Waals surface area contributed by atoms with Gasteiger partial charge in [-0.25, -0.2) is 4.68 Å². The molecule has 0 radical (unpaired) electrons. The number of rotatable bonds is 8. The van der Waals surface area contributed by atoms with Gasteiger partial charge in [-0.2, -0.15) is 5.10 Å². The molecular formula is C24H30N6O2. The SMILES string of the molecule is CN1CCN(CCCNC(=O)Cn2nc(Cc3cccnc3)c3ccccc3c2=O)CC1. The van der Waals surface area contributed by atoms with Gasteiger partial charge in [0.1, 0.15) is 6.54 Å². The van der Waals surface area contributed by atoms with Crippen molar-refractivity contribution in [3.63, 3.8) is 0 Å². The summed E-state index contributed by atoms with van der Waals surface area (Å²) in [7, 11) is 2.14. The maximum atomic E-state index is 12.9. The van der Waals surface area contributed by atoms with Crippen LogP contribution in [-0.4, -0.2) is 76.8 Å². The molecule has 1 N–H and O–H groups in total. The number of likely N-dealkylation sites (N-methyl/N-ethyl adjacent to an activating group) is 1. The molecule has 1 amide bonds. The highest BCUT2D eigenvalue weighted by molar-refractivity contribution is 5.84. The minimum atomic E-state index is -0.247. The average molecular weight is 435 g/mol. The number of benzene rings is 1. The van der Waals surface area contributed by atoms with Gasteiger partial charge < -0.3 is 15.1 Å². The van der Waals surface area contributed by atoms with Gasteiger partial charge in [0.25, 0.3) is 5.56 Å². The number of carbonyl (C=O) groups is 1. The normalized spacial score (nSPS) is 15.2. The topological polar surface area (TPSA) is 83.4 Å². The molecule has 1 aliphatic heterocycles. The molecule has 3 aromatic rings. The maximum Gasteiger partial charge on any atom is 0.275 e. The Kier molecular flexibility index (Phi) is 7.24. The smallest absolute Gasteiger partial charge is 0.275 e. The van der Waals surface area contributed by atoms with Crippen LogP contribution in [0.15, 0.2) is 53.6 Å². The number of carbonyl (C=O) groups excluding carboxylic acids is 1. The molecule has 1 fully saturated rings. The zero-order valence-corrected chi connectivity index (χ0v) is 18.5. The van der Waals surface area contributed by atoms with Crippen molar-refractivity contribution < 1.29 is 4.79 Å². The summed E-state index contributed by atoms with van der Waals surface area (Å²) in [5.41, 5.74) is 1.52. The molecule has 8 heteroatoms. The lowest BCUT2D eigenvalue weighted by Gasteiger charge is -2.32. The Hall–Kier alpha value is -3.10. The van der Waals surface area contributed by atoms with E-state index in [9.17, 15) is 9.59 Å². The van der Waals surface area contributed by atoms with Crippen molar-refractivity contribution in [3.05, 3.63) is 70.4 Å². The van der Waals surface area contributed by atoms with Gasteiger partial charge in [0.2, 0.25) is 5.91 Å². The summed E-state index contributed by atoms with van der Waals surface area (Å²) in [5, 5.41) is 8.87. The monoisotopic (exact) mass is 434 g/mol. The van der Waals surface area contributed by atoms with E-state index in [2.05, 4.69) is 32.2 Å². The summed E-state index contributed by atoms with van der Waals surface area (Å²) in [6.07, 6.45) is 4.95. The first-order chi connectivity index (χ1) is 15.6. The van der Waals surface area contributed by atoms with Gasteiger partial charge >= 0.3 is 0 Å². The molecule has 1 aliphatic rings. The van der Waals surface area contributed by atoms with Gasteiger partial charge in [-0.3, -0.25) is 14.6 Å². The highest BCUT2D eigenvalue weighted by atomic mass is 16.2. The average Bonchev–Trinajstić information content (AvgIpc) is 2.82. The van der Waals surface area contributed by atoms with E-state index in [-0.39, 0.29) is 18.0 Å². The zero-order valence-electron chi connectivity index (χ0n) is 18.5. The number of aromatic nitrogens is 3. The molecule has 2 aromatic heterocycles. The molecule has 0 bridgehead atoms. The lowest BCUT2D eigenvalue weighted by atomic mass is 10.1. The van der Waals surface area contributed by atoms with Crippen molar-refractivity contribution in [2.24, 2.45) is 0 Å². The molecular weight excluding hydrogens is 404 g/mol. The third-order valence-corrected chi connectivity index (χ3v) is 5.90. The number of nitrogens with one attached hydrogen (secondary N) is 1. The molecule has 0 saturated carbocycles. The summed E-state index contributed by atoms with van der Waals surface area (Å²) in [6.45, 7) is 5.79. The van der Waals surface area contributed by atoms with Crippen LogP contribution in [-0.2, 0) is 17.8 Å². The van der Waals surface area contributed by atoms with Crippen LogP contribution in [0.1, 0.15) is 17.7 Å². The molecule has 1 aromatic carbocycles. The molecule has 168 valence electrons. The van der Waals surface area contributed by atoms with Crippen LogP contribution in [0.3, 0.4) is 0 Å². The van der Waals surface area contributed by atoms with Gasteiger partial charge in [0, 0.05) is 56.9 Å². The van der Waals surface area contributed by atoms with Crippen molar-refractivity contribution in [2.75, 3.05) is 46.3 Å². The van der Waals surface area contributed by atoms with Gasteiger partial charge in [-0.1, -0.05) is 24.3 Å². The number of piperazine rings is 1. The van der Waals surface area contributed by atoms with E-state index in [1.54, 1.807) is 18.5 Å². The van der Waals surface area contributed by atoms with Crippen molar-refractivity contribution >= 4 is 16.7 Å². The Morgan fingerprint density at radius 1 is 1.06 bits per heavy atom. The molecule has 0 spiro atoms. The highest BCUT2D eigenvalue weighted by Gasteiger charge is 2.15. The largest absolute Gasteiger partial charge is 0.354 e. The summed E-state index contributed by atoms with van der Waals surface area (Å²) in [4.78, 5) is 34.4. The standard InChI is InChI=1S/C24H30N6O2/c1-28-12-14-29(15-13-28)11-5-10-26-23(31)18-30-24(32)21-8-3-2-7-20(21)22(27-30)16-19-6-4-9-25-17-19/h2-4,6-9,17H,5,10-16,18H2,1H3,(H,26,31). The van der Waals surface area contributed by atoms with E-state index < -0.39 is 0 Å². The fraction of sp³-hybridized carbons (Fsp3) is 0.417. The van der Waals surface area contributed by atoms with E-state index >= 15 is 0 Å². The Labute approximate surface area is 187 Å². The number of nitrogens with zero attached hydrogens (tertiary/aromatic N) is 5. The van der Waals surface area contributed by atoms with Gasteiger partial charge in [-0.05, 0) is 37.7 Å². The highest BCUT2D eigenvalue weighted by Crippen LogP contribution is 2.16. The fourth-order valence-corrected chi connectivity index (χ4v) is 4.03. The second-order valence-electron chi connectivity index (χ2n) is 8.34. The number of amides is 1. The van der Waals surface area contributed by atoms with Crippen LogP contribution in [0.2, 0.25) is 0 Å². The third-order valence-electron chi connectivity index (χ3n) is 5.90. The molecule has 0 unspecified atom stereocenters. The van der Waals surface area contributed by atoms with Crippen LogP contribution in [0, 0.1) is 0 Å². The van der Waals surface area contributed by atoms with Gasteiger partial charge in [0.05, 0.1) is 11.1 Å². The Bertz CT molecular complexity index is 1110. The quantitative estimate of drug-likeness (QED) is 0.536. The van der Waals surface area contributed by atoms with E-state index in [4.69, 9.17) is 0 Å². The predicted molar refractivity (Wildman–Crippen MR) is 125 cm³/mol. The second-order valence-corrected chi connectivity index (χ2v) is 8.34. The van der Waals surface area contributed by atoms with E-state index in [1.807, 2.05) is 30.3 Å². The number of fused-ring (bicyclic) bond motifs is 1. The number of hydrogen-bond acceptors (Lipinski definition) is 6. The second kappa shape index (κ2) is 10.5. The summed E-state index contributed by atoms with van der Waals surface area (Å²) < 4.78 is 1.28. The fourth-order valence-electron chi connectivity index (χ4n) is 4.03. The minimum absolute atomic E-state index is 0.0851. The lowest BCUT2D eigenvalue weighted by Crippen LogP contribution is -2.45. The van der Waals surface area contributed by atoms with Crippen LogP contribution >= 0.6 is 0 Å². The Balaban J connectivity index is 1.40. The summed E-state index contributed by atoms with van der Waals surface area (Å²) >= 11 is 0. The zero-order chi connectivity index (χ0) is 22.3. The molecule has 32 heavy (non-hydrogen) atoms. The van der Waals surface area contributed by atoms with Crippen molar-refractivity contribution in [2.45, 2.75) is 19.4 Å². The van der Waals surface area contributed by atoms with Crippen molar-refractivity contribution in [1.82, 2.24) is 29.9 Å². The van der Waals surface area contributed by atoms with Gasteiger partial charge in [-0.15, -0.1) is 0 Å².